The quantitative estimate of drug-likeness (QED) is 0.788. The monoisotopic (exact) mass is 304 g/mol. The van der Waals surface area contributed by atoms with Crippen molar-refractivity contribution in [3.63, 3.8) is 0 Å². The van der Waals surface area contributed by atoms with Gasteiger partial charge in [0.15, 0.2) is 0 Å². The van der Waals surface area contributed by atoms with Crippen LogP contribution in [0.25, 0.3) is 0 Å². The first-order valence-electron chi connectivity index (χ1n) is 7.14. The summed E-state index contributed by atoms with van der Waals surface area (Å²) in [6.07, 6.45) is 2.98. The first kappa shape index (κ1) is 14.2. The summed E-state index contributed by atoms with van der Waals surface area (Å²) in [5.74, 6) is 0.201. The molecule has 1 aromatic rings. The highest BCUT2D eigenvalue weighted by atomic mass is 35.5. The molecule has 0 N–H and O–H groups in total. The van der Waals surface area contributed by atoms with Crippen molar-refractivity contribution in [2.45, 2.75) is 19.3 Å². The molecule has 1 aliphatic carbocycles. The minimum atomic E-state index is -0.402. The molecule has 2 atom stereocenters. The number of nitrogens with zero attached hydrogens (tertiary/aromatic N) is 2. The van der Waals surface area contributed by atoms with Crippen LogP contribution < -0.4 is 4.90 Å². The number of fused-ring (bicyclic) bond motifs is 1. The van der Waals surface area contributed by atoms with Crippen LogP contribution in [0.3, 0.4) is 0 Å². The van der Waals surface area contributed by atoms with Crippen molar-refractivity contribution in [2.75, 3.05) is 25.1 Å². The molecular weight excluding hydrogens is 288 g/mol. The number of carbonyl (C=O) groups excluding carboxylic acids is 1. The van der Waals surface area contributed by atoms with Crippen LogP contribution in [0.5, 0.6) is 0 Å². The number of hydrogen-bond acceptors (Lipinski definition) is 4. The highest BCUT2D eigenvalue weighted by molar-refractivity contribution is 6.30. The Morgan fingerprint density at radius 2 is 2.38 bits per heavy atom. The average Bonchev–Trinajstić information content (AvgIpc) is 3.03. The van der Waals surface area contributed by atoms with E-state index in [2.05, 4.69) is 11.0 Å². The zero-order valence-electron chi connectivity index (χ0n) is 11.9. The number of ether oxygens (including phenoxy) is 1. The molecule has 2 aliphatic rings. The van der Waals surface area contributed by atoms with Gasteiger partial charge in [0.2, 0.25) is 0 Å². The fourth-order valence-corrected chi connectivity index (χ4v) is 4.06. The second-order valence-corrected chi connectivity index (χ2v) is 6.33. The summed E-state index contributed by atoms with van der Waals surface area (Å²) in [6.45, 7) is 1.42. The molecule has 0 amide bonds. The van der Waals surface area contributed by atoms with E-state index in [9.17, 15) is 10.1 Å². The molecule has 3 rings (SSSR count). The van der Waals surface area contributed by atoms with E-state index in [1.165, 1.54) is 7.11 Å². The zero-order valence-corrected chi connectivity index (χ0v) is 12.7. The number of halogens is 1. The number of rotatable bonds is 2. The van der Waals surface area contributed by atoms with Crippen molar-refractivity contribution in [3.05, 3.63) is 28.8 Å². The first-order chi connectivity index (χ1) is 10.1. The Kier molecular flexibility index (Phi) is 3.54. The Bertz CT molecular complexity index is 625. The van der Waals surface area contributed by atoms with E-state index < -0.39 is 5.41 Å². The maximum Gasteiger partial charge on any atom is 0.313 e. The van der Waals surface area contributed by atoms with Crippen LogP contribution in [0, 0.1) is 22.7 Å². The number of methoxy groups -OCH3 is 1. The van der Waals surface area contributed by atoms with Gasteiger partial charge in [0, 0.05) is 18.1 Å². The van der Waals surface area contributed by atoms with Crippen LogP contribution in [-0.2, 0) is 9.53 Å². The number of carbonyl (C=O) groups is 1. The molecule has 0 aromatic heterocycles. The van der Waals surface area contributed by atoms with Crippen LogP contribution in [0.1, 0.15) is 24.8 Å². The van der Waals surface area contributed by atoms with Crippen molar-refractivity contribution < 1.29 is 9.53 Å². The molecule has 5 heteroatoms. The van der Waals surface area contributed by atoms with Gasteiger partial charge < -0.3 is 9.64 Å². The molecule has 110 valence electrons. The first-order valence-corrected chi connectivity index (χ1v) is 7.51. The summed E-state index contributed by atoms with van der Waals surface area (Å²) in [6, 6.07) is 7.53. The Balaban J connectivity index is 1.94. The Labute approximate surface area is 129 Å². The van der Waals surface area contributed by atoms with Gasteiger partial charge in [0.25, 0.3) is 0 Å². The molecular formula is C16H17ClN2O2. The maximum absolute atomic E-state index is 12.3. The number of esters is 1. The molecule has 0 spiro atoms. The lowest BCUT2D eigenvalue weighted by molar-refractivity contribution is -0.152. The van der Waals surface area contributed by atoms with Crippen molar-refractivity contribution in [1.82, 2.24) is 0 Å². The molecule has 0 radical (unpaired) electrons. The third-order valence-corrected chi connectivity index (χ3v) is 5.12. The highest BCUT2D eigenvalue weighted by Crippen LogP contribution is 2.50. The number of benzene rings is 1. The fraction of sp³-hybridized carbons (Fsp3) is 0.500. The minimum absolute atomic E-state index is 0.111. The lowest BCUT2D eigenvalue weighted by Crippen LogP contribution is -2.37. The van der Waals surface area contributed by atoms with Gasteiger partial charge in [0.05, 0.1) is 23.8 Å². The van der Waals surface area contributed by atoms with Crippen LogP contribution in [0.4, 0.5) is 5.69 Å². The fourth-order valence-electron chi connectivity index (χ4n) is 3.88. The van der Waals surface area contributed by atoms with E-state index in [1.807, 2.05) is 6.07 Å². The zero-order chi connectivity index (χ0) is 15.0. The summed E-state index contributed by atoms with van der Waals surface area (Å²) < 4.78 is 5.05. The average molecular weight is 305 g/mol. The molecule has 2 unspecified atom stereocenters. The predicted molar refractivity (Wildman–Crippen MR) is 80.2 cm³/mol. The third kappa shape index (κ3) is 2.16. The Hall–Kier alpha value is -1.73. The lowest BCUT2D eigenvalue weighted by atomic mass is 9.81. The van der Waals surface area contributed by atoms with Crippen LogP contribution >= 0.6 is 11.6 Å². The minimum Gasteiger partial charge on any atom is -0.469 e. The van der Waals surface area contributed by atoms with Gasteiger partial charge >= 0.3 is 5.97 Å². The third-order valence-electron chi connectivity index (χ3n) is 4.88. The SMILES string of the molecule is COC(=O)C12CCCC1CN(c1ccc(Cl)cc1C#N)C2. The summed E-state index contributed by atoms with van der Waals surface area (Å²) >= 11 is 5.95. The Morgan fingerprint density at radius 1 is 1.57 bits per heavy atom. The van der Waals surface area contributed by atoms with Gasteiger partial charge in [-0.15, -0.1) is 0 Å². The van der Waals surface area contributed by atoms with Crippen LogP contribution in [-0.4, -0.2) is 26.2 Å². The molecule has 0 bridgehead atoms. The van der Waals surface area contributed by atoms with E-state index >= 15 is 0 Å². The standard InChI is InChI=1S/C16H17ClN2O2/c1-21-15(20)16-6-2-3-12(16)9-19(10-16)14-5-4-13(17)7-11(14)8-18/h4-5,7,12H,2-3,6,9-10H2,1H3. The van der Waals surface area contributed by atoms with Crippen LogP contribution in [0.2, 0.25) is 5.02 Å². The normalized spacial score (nSPS) is 27.3. The van der Waals surface area contributed by atoms with E-state index in [-0.39, 0.29) is 5.97 Å². The van der Waals surface area contributed by atoms with E-state index in [1.54, 1.807) is 12.1 Å². The van der Waals surface area contributed by atoms with Gasteiger partial charge in [-0.05, 0) is 37.0 Å². The molecule has 1 saturated carbocycles. The molecule has 1 heterocycles. The van der Waals surface area contributed by atoms with E-state index in [0.717, 1.165) is 31.5 Å². The number of hydrogen-bond donors (Lipinski definition) is 0. The predicted octanol–water partition coefficient (Wildman–Crippen LogP) is 2.99. The van der Waals surface area contributed by atoms with E-state index in [0.29, 0.717) is 23.0 Å². The molecule has 1 saturated heterocycles. The molecule has 4 nitrogen and oxygen atoms in total. The van der Waals surface area contributed by atoms with Crippen LogP contribution in [0.15, 0.2) is 18.2 Å². The second kappa shape index (κ2) is 5.23. The smallest absolute Gasteiger partial charge is 0.313 e. The largest absolute Gasteiger partial charge is 0.469 e. The van der Waals surface area contributed by atoms with Crippen molar-refractivity contribution >= 4 is 23.3 Å². The van der Waals surface area contributed by atoms with Gasteiger partial charge in [-0.3, -0.25) is 4.79 Å². The highest BCUT2D eigenvalue weighted by Gasteiger charge is 2.55. The molecule has 21 heavy (non-hydrogen) atoms. The van der Waals surface area contributed by atoms with Crippen molar-refractivity contribution in [3.8, 4) is 6.07 Å². The molecule has 1 aliphatic heterocycles. The summed E-state index contributed by atoms with van der Waals surface area (Å²) in [5.41, 5.74) is 1.02. The van der Waals surface area contributed by atoms with Gasteiger partial charge in [0.1, 0.15) is 6.07 Å². The summed E-state index contributed by atoms with van der Waals surface area (Å²) in [4.78, 5) is 14.4. The van der Waals surface area contributed by atoms with E-state index in [4.69, 9.17) is 16.3 Å². The van der Waals surface area contributed by atoms with Gasteiger partial charge in [-0.1, -0.05) is 18.0 Å². The number of anilines is 1. The molecule has 2 fully saturated rings. The Morgan fingerprint density at radius 3 is 3.10 bits per heavy atom. The van der Waals surface area contributed by atoms with Gasteiger partial charge in [-0.2, -0.15) is 5.26 Å². The lowest BCUT2D eigenvalue weighted by Gasteiger charge is -2.26. The van der Waals surface area contributed by atoms with Gasteiger partial charge in [-0.25, -0.2) is 0 Å². The summed E-state index contributed by atoms with van der Waals surface area (Å²) in [7, 11) is 1.46. The summed E-state index contributed by atoms with van der Waals surface area (Å²) in [5, 5.41) is 9.85. The van der Waals surface area contributed by atoms with Crippen molar-refractivity contribution in [1.29, 1.82) is 5.26 Å². The topological polar surface area (TPSA) is 53.3 Å². The van der Waals surface area contributed by atoms with Crippen molar-refractivity contribution in [2.24, 2.45) is 11.3 Å². The molecule has 1 aromatic carbocycles. The number of nitriles is 1. The second-order valence-electron chi connectivity index (χ2n) is 5.89. The maximum atomic E-state index is 12.3.